The second-order valence-electron chi connectivity index (χ2n) is 4.10. The third-order valence-corrected chi connectivity index (χ3v) is 2.13. The van der Waals surface area contributed by atoms with Crippen molar-refractivity contribution in [1.82, 2.24) is 5.32 Å². The summed E-state index contributed by atoms with van der Waals surface area (Å²) in [4.78, 5) is 0. The zero-order valence-corrected chi connectivity index (χ0v) is 9.73. The summed E-state index contributed by atoms with van der Waals surface area (Å²) in [7, 11) is 0. The molecule has 0 fully saturated rings. The van der Waals surface area contributed by atoms with Gasteiger partial charge in [-0.2, -0.15) is 0 Å². The van der Waals surface area contributed by atoms with Crippen LogP contribution in [0.1, 0.15) is 40.0 Å². The summed E-state index contributed by atoms with van der Waals surface area (Å²) in [6.07, 6.45) is 3.11. The van der Waals surface area contributed by atoms with Crippen LogP contribution in [-0.4, -0.2) is 18.9 Å². The zero-order chi connectivity index (χ0) is 11.0. The lowest BCUT2D eigenvalue weighted by Gasteiger charge is -2.24. The molecule has 0 radical (unpaired) electrons. The van der Waals surface area contributed by atoms with Crippen LogP contribution in [0.3, 0.4) is 0 Å². The van der Waals surface area contributed by atoms with Crippen LogP contribution in [0.4, 0.5) is 0 Å². The summed E-state index contributed by atoms with van der Waals surface area (Å²) in [5.41, 5.74) is 6.30. The molecule has 0 bridgehead atoms. The molecule has 0 aromatic rings. The molecule has 0 aromatic carbocycles. The topological polar surface area (TPSA) is 47.3 Å². The summed E-state index contributed by atoms with van der Waals surface area (Å²) in [5.74, 6) is 0. The standard InChI is InChI=1S/C11H24N2O/c1-5-6-10(2)13-8-7-11(3,4)14-9-12/h13H,2,5-9,12H2,1,3-4H3. The largest absolute Gasteiger partial charge is 0.389 e. The molecule has 3 N–H and O–H groups in total. The number of hydrogen-bond donors (Lipinski definition) is 2. The molecule has 0 aliphatic carbocycles. The molecule has 0 heterocycles. The second-order valence-corrected chi connectivity index (χ2v) is 4.10. The Hall–Kier alpha value is -0.540. The van der Waals surface area contributed by atoms with Crippen molar-refractivity contribution in [3.63, 3.8) is 0 Å². The van der Waals surface area contributed by atoms with Crippen LogP contribution < -0.4 is 11.1 Å². The van der Waals surface area contributed by atoms with Gasteiger partial charge in [0.25, 0.3) is 0 Å². The number of hydrogen-bond acceptors (Lipinski definition) is 3. The number of ether oxygens (including phenoxy) is 1. The van der Waals surface area contributed by atoms with E-state index in [1.807, 2.05) is 13.8 Å². The molecule has 0 saturated carbocycles. The first kappa shape index (κ1) is 13.5. The van der Waals surface area contributed by atoms with Crippen molar-refractivity contribution in [3.05, 3.63) is 12.3 Å². The van der Waals surface area contributed by atoms with Crippen LogP contribution in [0, 0.1) is 0 Å². The molecular weight excluding hydrogens is 176 g/mol. The molecule has 0 unspecified atom stereocenters. The normalized spacial score (nSPS) is 11.4. The first-order chi connectivity index (χ1) is 6.52. The summed E-state index contributed by atoms with van der Waals surface area (Å²) >= 11 is 0. The molecule has 3 nitrogen and oxygen atoms in total. The monoisotopic (exact) mass is 200 g/mol. The maximum Gasteiger partial charge on any atom is 0.0947 e. The van der Waals surface area contributed by atoms with Gasteiger partial charge in [0.2, 0.25) is 0 Å². The van der Waals surface area contributed by atoms with E-state index < -0.39 is 0 Å². The van der Waals surface area contributed by atoms with E-state index in [-0.39, 0.29) is 12.3 Å². The van der Waals surface area contributed by atoms with Crippen LogP contribution in [-0.2, 0) is 4.74 Å². The van der Waals surface area contributed by atoms with Gasteiger partial charge in [-0.15, -0.1) is 0 Å². The van der Waals surface area contributed by atoms with E-state index in [0.29, 0.717) is 0 Å². The lowest BCUT2D eigenvalue weighted by atomic mass is 10.1. The van der Waals surface area contributed by atoms with Gasteiger partial charge in [-0.1, -0.05) is 19.9 Å². The fourth-order valence-corrected chi connectivity index (χ4v) is 1.23. The van der Waals surface area contributed by atoms with E-state index >= 15 is 0 Å². The molecule has 0 aromatic heterocycles. The van der Waals surface area contributed by atoms with Crippen LogP contribution in [0.15, 0.2) is 12.3 Å². The molecule has 0 spiro atoms. The fraction of sp³-hybridized carbons (Fsp3) is 0.818. The minimum absolute atomic E-state index is 0.145. The SMILES string of the molecule is C=C(CCC)NCCC(C)(C)OCN. The fourth-order valence-electron chi connectivity index (χ4n) is 1.23. The molecule has 0 rings (SSSR count). The maximum atomic E-state index is 5.38. The quantitative estimate of drug-likeness (QED) is 0.589. The van der Waals surface area contributed by atoms with E-state index in [9.17, 15) is 0 Å². The van der Waals surface area contributed by atoms with Crippen molar-refractivity contribution >= 4 is 0 Å². The highest BCUT2D eigenvalue weighted by molar-refractivity contribution is 4.90. The zero-order valence-electron chi connectivity index (χ0n) is 9.73. The number of nitrogens with one attached hydrogen (secondary N) is 1. The molecular formula is C11H24N2O. The van der Waals surface area contributed by atoms with Crippen molar-refractivity contribution in [2.45, 2.75) is 45.6 Å². The van der Waals surface area contributed by atoms with Crippen LogP contribution in [0.25, 0.3) is 0 Å². The predicted molar refractivity (Wildman–Crippen MR) is 60.9 cm³/mol. The lowest BCUT2D eigenvalue weighted by Crippen LogP contribution is -2.31. The molecule has 0 aliphatic heterocycles. The number of rotatable bonds is 8. The van der Waals surface area contributed by atoms with Gasteiger partial charge in [0, 0.05) is 12.2 Å². The molecule has 0 aliphatic rings. The summed E-state index contributed by atoms with van der Waals surface area (Å²) in [6, 6.07) is 0. The average molecular weight is 200 g/mol. The average Bonchev–Trinajstić information content (AvgIpc) is 2.03. The Morgan fingerprint density at radius 1 is 1.50 bits per heavy atom. The van der Waals surface area contributed by atoms with E-state index in [1.54, 1.807) is 0 Å². The minimum Gasteiger partial charge on any atom is -0.389 e. The first-order valence-corrected chi connectivity index (χ1v) is 5.27. The Balaban J connectivity index is 3.57. The van der Waals surface area contributed by atoms with Gasteiger partial charge in [-0.25, -0.2) is 0 Å². The van der Waals surface area contributed by atoms with Crippen molar-refractivity contribution in [1.29, 1.82) is 0 Å². The molecule has 0 saturated heterocycles. The van der Waals surface area contributed by atoms with E-state index in [4.69, 9.17) is 10.5 Å². The summed E-state index contributed by atoms with van der Waals surface area (Å²) in [6.45, 7) is 11.3. The van der Waals surface area contributed by atoms with E-state index in [0.717, 1.165) is 31.5 Å². The van der Waals surface area contributed by atoms with E-state index in [1.165, 1.54) is 0 Å². The van der Waals surface area contributed by atoms with Crippen LogP contribution in [0.5, 0.6) is 0 Å². The number of nitrogens with two attached hydrogens (primary N) is 1. The van der Waals surface area contributed by atoms with Crippen molar-refractivity contribution in [3.8, 4) is 0 Å². The van der Waals surface area contributed by atoms with Crippen LogP contribution >= 0.6 is 0 Å². The smallest absolute Gasteiger partial charge is 0.0947 e. The third-order valence-electron chi connectivity index (χ3n) is 2.13. The van der Waals surface area contributed by atoms with Crippen molar-refractivity contribution < 1.29 is 4.74 Å². The second kappa shape index (κ2) is 6.85. The minimum atomic E-state index is -0.145. The Labute approximate surface area is 87.7 Å². The van der Waals surface area contributed by atoms with Gasteiger partial charge in [-0.3, -0.25) is 0 Å². The van der Waals surface area contributed by atoms with Crippen LogP contribution in [0.2, 0.25) is 0 Å². The Morgan fingerprint density at radius 2 is 2.14 bits per heavy atom. The van der Waals surface area contributed by atoms with Gasteiger partial charge >= 0.3 is 0 Å². The molecule has 0 amide bonds. The third kappa shape index (κ3) is 6.92. The number of allylic oxidation sites excluding steroid dienone is 1. The van der Waals surface area contributed by atoms with Crippen molar-refractivity contribution in [2.24, 2.45) is 5.73 Å². The summed E-state index contributed by atoms with van der Waals surface area (Å²) in [5, 5.41) is 3.28. The van der Waals surface area contributed by atoms with Gasteiger partial charge in [-0.05, 0) is 26.7 Å². The Morgan fingerprint density at radius 3 is 2.64 bits per heavy atom. The van der Waals surface area contributed by atoms with Gasteiger partial charge in [0.15, 0.2) is 0 Å². The van der Waals surface area contributed by atoms with Gasteiger partial charge in [0.05, 0.1) is 12.3 Å². The van der Waals surface area contributed by atoms with Gasteiger partial charge in [0.1, 0.15) is 0 Å². The Kier molecular flexibility index (Phi) is 6.58. The first-order valence-electron chi connectivity index (χ1n) is 5.27. The highest BCUT2D eigenvalue weighted by Gasteiger charge is 2.16. The molecule has 0 atom stereocenters. The maximum absolute atomic E-state index is 5.38. The highest BCUT2D eigenvalue weighted by atomic mass is 16.5. The van der Waals surface area contributed by atoms with Crippen molar-refractivity contribution in [2.75, 3.05) is 13.3 Å². The molecule has 3 heteroatoms. The Bertz CT molecular complexity index is 167. The summed E-state index contributed by atoms with van der Waals surface area (Å²) < 4.78 is 5.38. The van der Waals surface area contributed by atoms with E-state index in [2.05, 4.69) is 18.8 Å². The van der Waals surface area contributed by atoms with Gasteiger partial charge < -0.3 is 15.8 Å². The molecule has 14 heavy (non-hydrogen) atoms. The lowest BCUT2D eigenvalue weighted by molar-refractivity contribution is -0.0191. The molecule has 84 valence electrons. The highest BCUT2D eigenvalue weighted by Crippen LogP contribution is 2.12. The predicted octanol–water partition coefficient (Wildman–Crippen LogP) is 1.99.